The molecule has 1 fully saturated rings. The lowest BCUT2D eigenvalue weighted by Crippen LogP contribution is -2.54. The van der Waals surface area contributed by atoms with Gasteiger partial charge < -0.3 is 4.42 Å². The lowest BCUT2D eigenvalue weighted by atomic mass is 10.1. The predicted octanol–water partition coefficient (Wildman–Crippen LogP) is 4.97. The Morgan fingerprint density at radius 3 is 2.48 bits per heavy atom. The molecule has 0 aliphatic carbocycles. The molecule has 1 aromatic heterocycles. The monoisotopic (exact) mass is 438 g/mol. The molecule has 0 bridgehead atoms. The summed E-state index contributed by atoms with van der Waals surface area (Å²) in [5.74, 6) is -1.55. The van der Waals surface area contributed by atoms with Crippen molar-refractivity contribution in [2.45, 2.75) is 13.3 Å². The highest BCUT2D eigenvalue weighted by molar-refractivity contribution is 6.39. The summed E-state index contributed by atoms with van der Waals surface area (Å²) in [7, 11) is 0. The number of hydrogen-bond acceptors (Lipinski definition) is 4. The van der Waals surface area contributed by atoms with E-state index in [9.17, 15) is 18.8 Å². The molecule has 4 amide bonds. The van der Waals surface area contributed by atoms with E-state index in [2.05, 4.69) is 5.32 Å². The Bertz CT molecular complexity index is 1230. The molecular weight excluding hydrogens is 423 g/mol. The van der Waals surface area contributed by atoms with Gasteiger partial charge in [0, 0.05) is 5.56 Å². The van der Waals surface area contributed by atoms with Crippen LogP contribution in [0.2, 0.25) is 5.02 Å². The number of imide groups is 2. The van der Waals surface area contributed by atoms with Gasteiger partial charge in [-0.05, 0) is 60.5 Å². The van der Waals surface area contributed by atoms with E-state index >= 15 is 0 Å². The van der Waals surface area contributed by atoms with E-state index < -0.39 is 23.7 Å². The van der Waals surface area contributed by atoms with Gasteiger partial charge in [-0.1, -0.05) is 30.7 Å². The maximum Gasteiger partial charge on any atom is 0.335 e. The van der Waals surface area contributed by atoms with E-state index in [0.29, 0.717) is 17.0 Å². The van der Waals surface area contributed by atoms with Gasteiger partial charge in [0.1, 0.15) is 22.9 Å². The van der Waals surface area contributed by atoms with Crippen LogP contribution in [-0.2, 0) is 16.0 Å². The van der Waals surface area contributed by atoms with Crippen LogP contribution >= 0.6 is 11.6 Å². The van der Waals surface area contributed by atoms with E-state index in [1.165, 1.54) is 24.3 Å². The third-order valence-electron chi connectivity index (χ3n) is 4.82. The number of aryl methyl sites for hydroxylation is 1. The fourth-order valence-electron chi connectivity index (χ4n) is 3.15. The largest absolute Gasteiger partial charge is 0.457 e. The number of hydrogen-bond donors (Lipinski definition) is 1. The molecule has 6 nitrogen and oxygen atoms in total. The van der Waals surface area contributed by atoms with Crippen molar-refractivity contribution in [3.63, 3.8) is 0 Å². The third kappa shape index (κ3) is 4.00. The molecule has 0 radical (unpaired) electrons. The van der Waals surface area contributed by atoms with Crippen LogP contribution in [0.4, 0.5) is 14.9 Å². The Labute approximate surface area is 181 Å². The minimum atomic E-state index is -0.822. The van der Waals surface area contributed by atoms with Gasteiger partial charge in [0.25, 0.3) is 11.8 Å². The summed E-state index contributed by atoms with van der Waals surface area (Å²) in [4.78, 5) is 38.4. The molecule has 2 heterocycles. The summed E-state index contributed by atoms with van der Waals surface area (Å²) in [5.41, 5.74) is 1.67. The maximum atomic E-state index is 13.4. The van der Waals surface area contributed by atoms with Crippen molar-refractivity contribution in [1.29, 1.82) is 0 Å². The summed E-state index contributed by atoms with van der Waals surface area (Å²) in [6.45, 7) is 1.99. The van der Waals surface area contributed by atoms with Gasteiger partial charge in [0.05, 0.1) is 10.7 Å². The molecule has 1 N–H and O–H groups in total. The molecule has 31 heavy (non-hydrogen) atoms. The van der Waals surface area contributed by atoms with Crippen LogP contribution in [0.15, 0.2) is 64.6 Å². The fraction of sp³-hybridized carbons (Fsp3) is 0.0870. The van der Waals surface area contributed by atoms with E-state index in [-0.39, 0.29) is 16.4 Å². The lowest BCUT2D eigenvalue weighted by molar-refractivity contribution is -0.122. The number of rotatable bonds is 4. The standard InChI is InChI=1S/C23H16ClFN2O4/c1-2-13-3-6-15(7-4-13)27-22(29)17(21(28)26-23(27)30)12-16-8-10-20(31-16)14-5-9-19(25)18(24)11-14/h3-12H,2H2,1H3,(H,26,28,30). The second-order valence-corrected chi connectivity index (χ2v) is 7.22. The quantitative estimate of drug-likeness (QED) is 0.461. The molecule has 4 rings (SSSR count). The average Bonchev–Trinajstić information content (AvgIpc) is 3.22. The number of urea groups is 1. The number of furan rings is 1. The Balaban J connectivity index is 1.65. The highest BCUT2D eigenvalue weighted by atomic mass is 35.5. The number of carbonyl (C=O) groups is 3. The summed E-state index contributed by atoms with van der Waals surface area (Å²) in [5, 5.41) is 2.11. The minimum absolute atomic E-state index is 0.0566. The zero-order valence-electron chi connectivity index (χ0n) is 16.3. The smallest absolute Gasteiger partial charge is 0.335 e. The summed E-state index contributed by atoms with van der Waals surface area (Å²) >= 11 is 5.81. The molecule has 8 heteroatoms. The molecule has 0 unspecified atom stereocenters. The van der Waals surface area contributed by atoms with Gasteiger partial charge in [-0.3, -0.25) is 14.9 Å². The predicted molar refractivity (Wildman–Crippen MR) is 114 cm³/mol. The van der Waals surface area contributed by atoms with E-state index in [4.69, 9.17) is 16.0 Å². The van der Waals surface area contributed by atoms with E-state index in [1.54, 1.807) is 24.3 Å². The second kappa shape index (κ2) is 8.20. The molecule has 2 aromatic carbocycles. The zero-order valence-corrected chi connectivity index (χ0v) is 17.1. The first-order valence-corrected chi connectivity index (χ1v) is 9.81. The van der Waals surface area contributed by atoms with Gasteiger partial charge in [0.2, 0.25) is 0 Å². The van der Waals surface area contributed by atoms with Crippen molar-refractivity contribution in [3.8, 4) is 11.3 Å². The normalized spacial score (nSPS) is 15.5. The molecule has 1 saturated heterocycles. The molecule has 0 atom stereocenters. The number of amides is 4. The van der Waals surface area contributed by atoms with Crippen molar-refractivity contribution in [3.05, 3.63) is 82.3 Å². The maximum absolute atomic E-state index is 13.4. The number of anilines is 1. The second-order valence-electron chi connectivity index (χ2n) is 6.81. The van der Waals surface area contributed by atoms with Crippen LogP contribution in [0.3, 0.4) is 0 Å². The Hall–Kier alpha value is -3.71. The van der Waals surface area contributed by atoms with Gasteiger partial charge in [-0.2, -0.15) is 0 Å². The average molecular weight is 439 g/mol. The molecule has 0 saturated carbocycles. The number of barbiturate groups is 1. The Morgan fingerprint density at radius 1 is 1.06 bits per heavy atom. The van der Waals surface area contributed by atoms with Crippen molar-refractivity contribution >= 4 is 41.2 Å². The van der Waals surface area contributed by atoms with Gasteiger partial charge in [-0.25, -0.2) is 14.1 Å². The van der Waals surface area contributed by atoms with E-state index in [0.717, 1.165) is 16.9 Å². The molecule has 156 valence electrons. The number of halogens is 2. The summed E-state index contributed by atoms with van der Waals surface area (Å²) < 4.78 is 19.0. The third-order valence-corrected chi connectivity index (χ3v) is 5.11. The van der Waals surface area contributed by atoms with Gasteiger partial charge in [0.15, 0.2) is 0 Å². The number of carbonyl (C=O) groups excluding carboxylic acids is 3. The molecule has 1 aliphatic heterocycles. The number of benzene rings is 2. The Kier molecular flexibility index (Phi) is 5.44. The van der Waals surface area contributed by atoms with Crippen LogP contribution in [0.25, 0.3) is 17.4 Å². The minimum Gasteiger partial charge on any atom is -0.457 e. The van der Waals surface area contributed by atoms with Crippen LogP contribution < -0.4 is 10.2 Å². The number of nitrogens with zero attached hydrogens (tertiary/aromatic N) is 1. The van der Waals surface area contributed by atoms with Crippen molar-refractivity contribution in [1.82, 2.24) is 5.32 Å². The number of nitrogens with one attached hydrogen (secondary N) is 1. The van der Waals surface area contributed by atoms with Crippen LogP contribution in [0.5, 0.6) is 0 Å². The van der Waals surface area contributed by atoms with Gasteiger partial charge in [-0.15, -0.1) is 0 Å². The highest BCUT2D eigenvalue weighted by Gasteiger charge is 2.37. The van der Waals surface area contributed by atoms with E-state index in [1.807, 2.05) is 19.1 Å². The molecular formula is C23H16ClFN2O4. The summed E-state index contributed by atoms with van der Waals surface area (Å²) in [6.07, 6.45) is 2.07. The van der Waals surface area contributed by atoms with Crippen LogP contribution in [0.1, 0.15) is 18.2 Å². The zero-order chi connectivity index (χ0) is 22.1. The fourth-order valence-corrected chi connectivity index (χ4v) is 3.33. The first-order chi connectivity index (χ1) is 14.9. The van der Waals surface area contributed by atoms with Crippen LogP contribution in [-0.4, -0.2) is 17.8 Å². The lowest BCUT2D eigenvalue weighted by Gasteiger charge is -2.26. The van der Waals surface area contributed by atoms with Crippen molar-refractivity contribution in [2.75, 3.05) is 4.90 Å². The first kappa shape index (κ1) is 20.6. The van der Waals surface area contributed by atoms with Crippen molar-refractivity contribution in [2.24, 2.45) is 0 Å². The molecule has 0 spiro atoms. The molecule has 3 aromatic rings. The first-order valence-electron chi connectivity index (χ1n) is 9.43. The van der Waals surface area contributed by atoms with Crippen LogP contribution in [0, 0.1) is 5.82 Å². The van der Waals surface area contributed by atoms with Gasteiger partial charge >= 0.3 is 6.03 Å². The highest BCUT2D eigenvalue weighted by Crippen LogP contribution is 2.28. The van der Waals surface area contributed by atoms with Crippen molar-refractivity contribution < 1.29 is 23.2 Å². The Morgan fingerprint density at radius 2 is 1.81 bits per heavy atom. The summed E-state index contributed by atoms with van der Waals surface area (Å²) in [6, 6.07) is 13.4. The molecule has 1 aliphatic rings. The topological polar surface area (TPSA) is 79.6 Å². The SMILES string of the molecule is CCc1ccc(N2C(=O)NC(=O)C(=Cc3ccc(-c4ccc(F)c(Cl)c4)o3)C2=O)cc1.